The number of aliphatic hydroxyl groups excluding tert-OH is 1. The van der Waals surface area contributed by atoms with E-state index in [1.165, 1.54) is 4.90 Å². The van der Waals surface area contributed by atoms with E-state index in [4.69, 9.17) is 0 Å². The van der Waals surface area contributed by atoms with Crippen LogP contribution < -0.4 is 0 Å². The quantitative estimate of drug-likeness (QED) is 0.841. The summed E-state index contributed by atoms with van der Waals surface area (Å²) in [6.45, 7) is 3.53. The van der Waals surface area contributed by atoms with Crippen molar-refractivity contribution in [3.05, 3.63) is 28.2 Å². The molecule has 0 atom stereocenters. The van der Waals surface area contributed by atoms with Gasteiger partial charge in [-0.25, -0.2) is 0 Å². The number of aliphatic hydroxyl groups is 1. The van der Waals surface area contributed by atoms with Gasteiger partial charge in [-0.2, -0.15) is 0 Å². The highest BCUT2D eigenvalue weighted by molar-refractivity contribution is 9.10. The van der Waals surface area contributed by atoms with Gasteiger partial charge in [0.05, 0.1) is 17.7 Å². The smallest absolute Gasteiger partial charge is 0.255 e. The van der Waals surface area contributed by atoms with Crippen LogP contribution in [0.25, 0.3) is 0 Å². The fourth-order valence-corrected chi connectivity index (χ4v) is 2.09. The lowest BCUT2D eigenvalue weighted by molar-refractivity contribution is 0.0470. The van der Waals surface area contributed by atoms with Crippen LogP contribution in [0, 0.1) is 0 Å². The molecule has 5 heteroatoms. The molecule has 0 bridgehead atoms. The minimum atomic E-state index is -0.593. The lowest BCUT2D eigenvalue weighted by atomic mass is 10.0. The number of hydrogen-bond acceptors (Lipinski definition) is 3. The summed E-state index contributed by atoms with van der Waals surface area (Å²) in [5, 5.41) is 9.25. The van der Waals surface area contributed by atoms with E-state index in [0.717, 1.165) is 4.47 Å². The Hall–Kier alpha value is -0.520. The van der Waals surface area contributed by atoms with Gasteiger partial charge in [0.1, 0.15) is 0 Å². The first-order valence-corrected chi connectivity index (χ1v) is 6.41. The van der Waals surface area contributed by atoms with Crippen LogP contribution in [0.5, 0.6) is 0 Å². The summed E-state index contributed by atoms with van der Waals surface area (Å²) in [4.78, 5) is 14.4. The summed E-state index contributed by atoms with van der Waals surface area (Å²) in [6.07, 6.45) is 0. The fourth-order valence-electron chi connectivity index (χ4n) is 1.25. The largest absolute Gasteiger partial charge is 0.394 e. The molecule has 0 aliphatic heterocycles. The topological polar surface area (TPSA) is 40.5 Å². The summed E-state index contributed by atoms with van der Waals surface area (Å²) >= 11 is 7.61. The summed E-state index contributed by atoms with van der Waals surface area (Å²) in [5.74, 6) is -0.151. The molecule has 0 spiro atoms. The van der Waals surface area contributed by atoms with Gasteiger partial charge in [-0.1, -0.05) is 15.9 Å². The van der Waals surface area contributed by atoms with E-state index in [9.17, 15) is 9.90 Å². The van der Waals surface area contributed by atoms with Gasteiger partial charge in [-0.3, -0.25) is 4.79 Å². The number of carbonyl (C=O) groups excluding carboxylic acids is 1. The number of amides is 1. The summed E-state index contributed by atoms with van der Waals surface area (Å²) in [5.41, 5.74) is -0.0646. The van der Waals surface area contributed by atoms with Crippen LogP contribution >= 0.6 is 28.6 Å². The van der Waals surface area contributed by atoms with Crippen molar-refractivity contribution in [2.45, 2.75) is 24.3 Å². The van der Waals surface area contributed by atoms with E-state index < -0.39 is 5.54 Å². The minimum Gasteiger partial charge on any atom is -0.394 e. The van der Waals surface area contributed by atoms with Crippen molar-refractivity contribution in [1.29, 1.82) is 0 Å². The third kappa shape index (κ3) is 3.24. The molecule has 94 valence electrons. The predicted octanol–water partition coefficient (Wildman–Crippen LogP) is 2.58. The maximum Gasteiger partial charge on any atom is 0.255 e. The minimum absolute atomic E-state index is 0.0896. The van der Waals surface area contributed by atoms with Crippen LogP contribution in [0.15, 0.2) is 27.6 Å². The van der Waals surface area contributed by atoms with Crippen molar-refractivity contribution in [3.8, 4) is 0 Å². The molecule has 1 rings (SSSR count). The van der Waals surface area contributed by atoms with Gasteiger partial charge in [0.25, 0.3) is 5.91 Å². The number of halogens is 1. The van der Waals surface area contributed by atoms with Crippen LogP contribution in [0.2, 0.25) is 0 Å². The number of rotatable bonds is 3. The van der Waals surface area contributed by atoms with Gasteiger partial charge in [-0.15, -0.1) is 12.6 Å². The highest BCUT2D eigenvalue weighted by Gasteiger charge is 2.28. The zero-order valence-electron chi connectivity index (χ0n) is 10.1. The van der Waals surface area contributed by atoms with E-state index >= 15 is 0 Å². The standard InChI is InChI=1S/C12H16BrNO2S/c1-12(2,7-15)14(3)11(16)9-5-4-8(13)6-10(9)17/h4-6,15,17H,7H2,1-3H3. The van der Waals surface area contributed by atoms with Crippen LogP contribution in [-0.2, 0) is 0 Å². The number of benzene rings is 1. The van der Waals surface area contributed by atoms with E-state index in [2.05, 4.69) is 28.6 Å². The van der Waals surface area contributed by atoms with Crippen molar-refractivity contribution in [3.63, 3.8) is 0 Å². The zero-order chi connectivity index (χ0) is 13.2. The normalized spacial score (nSPS) is 11.4. The first kappa shape index (κ1) is 14.5. The number of likely N-dealkylation sites (N-methyl/N-ethyl adjacent to an activating group) is 1. The average Bonchev–Trinajstić information content (AvgIpc) is 2.27. The van der Waals surface area contributed by atoms with Crippen molar-refractivity contribution in [2.24, 2.45) is 0 Å². The lowest BCUT2D eigenvalue weighted by Gasteiger charge is -2.34. The molecule has 0 aliphatic rings. The molecular weight excluding hydrogens is 302 g/mol. The van der Waals surface area contributed by atoms with E-state index in [-0.39, 0.29) is 12.5 Å². The van der Waals surface area contributed by atoms with Crippen molar-refractivity contribution in [1.82, 2.24) is 4.90 Å². The Kier molecular flexibility index (Phi) is 4.63. The summed E-state index contributed by atoms with van der Waals surface area (Å²) in [7, 11) is 1.67. The molecule has 1 aromatic carbocycles. The molecule has 17 heavy (non-hydrogen) atoms. The SMILES string of the molecule is CN(C(=O)c1ccc(Br)cc1S)C(C)(C)CO. The number of nitrogens with zero attached hydrogens (tertiary/aromatic N) is 1. The van der Waals surface area contributed by atoms with Gasteiger partial charge >= 0.3 is 0 Å². The molecule has 0 heterocycles. The molecular formula is C12H16BrNO2S. The van der Waals surface area contributed by atoms with E-state index in [0.29, 0.717) is 10.5 Å². The Labute approximate surface area is 115 Å². The van der Waals surface area contributed by atoms with Gasteiger partial charge in [0.15, 0.2) is 0 Å². The Balaban J connectivity index is 3.05. The molecule has 1 N–H and O–H groups in total. The van der Waals surface area contributed by atoms with Crippen LogP contribution in [0.3, 0.4) is 0 Å². The summed E-state index contributed by atoms with van der Waals surface area (Å²) in [6, 6.07) is 5.29. The van der Waals surface area contributed by atoms with Gasteiger partial charge in [-0.05, 0) is 32.0 Å². The molecule has 0 unspecified atom stereocenters. The lowest BCUT2D eigenvalue weighted by Crippen LogP contribution is -2.47. The Bertz CT molecular complexity index is 435. The van der Waals surface area contributed by atoms with Crippen LogP contribution in [0.4, 0.5) is 0 Å². The maximum absolute atomic E-state index is 12.2. The van der Waals surface area contributed by atoms with Crippen molar-refractivity contribution < 1.29 is 9.90 Å². The summed E-state index contributed by atoms with van der Waals surface area (Å²) < 4.78 is 0.878. The second-order valence-electron chi connectivity index (χ2n) is 4.50. The number of thiol groups is 1. The molecule has 1 aromatic rings. The van der Waals surface area contributed by atoms with Crippen LogP contribution in [0.1, 0.15) is 24.2 Å². The average molecular weight is 318 g/mol. The molecule has 0 aliphatic carbocycles. The van der Waals surface area contributed by atoms with E-state index in [1.54, 1.807) is 25.2 Å². The Morgan fingerprint density at radius 2 is 2.12 bits per heavy atom. The fraction of sp³-hybridized carbons (Fsp3) is 0.417. The van der Waals surface area contributed by atoms with Gasteiger partial charge < -0.3 is 10.0 Å². The predicted molar refractivity (Wildman–Crippen MR) is 74.7 cm³/mol. The van der Waals surface area contributed by atoms with E-state index in [1.807, 2.05) is 13.8 Å². The maximum atomic E-state index is 12.2. The monoisotopic (exact) mass is 317 g/mol. The Morgan fingerprint density at radius 1 is 1.53 bits per heavy atom. The molecule has 0 radical (unpaired) electrons. The first-order valence-electron chi connectivity index (χ1n) is 5.17. The molecule has 0 aromatic heterocycles. The highest BCUT2D eigenvalue weighted by Crippen LogP contribution is 2.23. The first-order chi connectivity index (χ1) is 7.79. The molecule has 3 nitrogen and oxygen atoms in total. The number of carbonyl (C=O) groups is 1. The number of hydrogen-bond donors (Lipinski definition) is 2. The molecule has 1 amide bonds. The second-order valence-corrected chi connectivity index (χ2v) is 5.89. The van der Waals surface area contributed by atoms with Gasteiger partial charge in [0.2, 0.25) is 0 Å². The molecule has 0 saturated carbocycles. The van der Waals surface area contributed by atoms with Crippen molar-refractivity contribution in [2.75, 3.05) is 13.7 Å². The third-order valence-electron chi connectivity index (χ3n) is 2.79. The Morgan fingerprint density at radius 3 is 2.59 bits per heavy atom. The molecule has 0 saturated heterocycles. The van der Waals surface area contributed by atoms with Crippen molar-refractivity contribution >= 4 is 34.5 Å². The molecule has 0 fully saturated rings. The van der Waals surface area contributed by atoms with Gasteiger partial charge in [0, 0.05) is 16.4 Å². The zero-order valence-corrected chi connectivity index (χ0v) is 12.5. The second kappa shape index (κ2) is 5.42. The highest BCUT2D eigenvalue weighted by atomic mass is 79.9. The third-order valence-corrected chi connectivity index (χ3v) is 3.65. The van der Waals surface area contributed by atoms with Crippen LogP contribution in [-0.4, -0.2) is 35.1 Å².